The normalized spacial score (nSPS) is 11.5. The molecule has 30 heavy (non-hydrogen) atoms. The molecule has 2 N–H and O–H groups in total. The van der Waals surface area contributed by atoms with E-state index in [2.05, 4.69) is 20.6 Å². The van der Waals surface area contributed by atoms with Crippen LogP contribution < -0.4 is 24.8 Å². The van der Waals surface area contributed by atoms with E-state index in [0.29, 0.717) is 34.8 Å². The van der Waals surface area contributed by atoms with Crippen LogP contribution in [0, 0.1) is 0 Å². The highest BCUT2D eigenvalue weighted by Crippen LogP contribution is 2.35. The lowest BCUT2D eigenvalue weighted by Crippen LogP contribution is -2.36. The first-order valence-electron chi connectivity index (χ1n) is 8.65. The number of aliphatic imine (C=N–C) groups is 1. The van der Waals surface area contributed by atoms with Crippen LogP contribution in [0.2, 0.25) is 0 Å². The third kappa shape index (κ3) is 7.07. The van der Waals surface area contributed by atoms with Gasteiger partial charge in [-0.2, -0.15) is 13.2 Å². The number of nitrogens with zero attached hydrogens (tertiary/aromatic N) is 2. The molecule has 0 aliphatic heterocycles. The topological polar surface area (TPSA) is 77.0 Å². The maximum absolute atomic E-state index is 12.7. The molecule has 1 heterocycles. The Labute approximate surface area is 194 Å². The summed E-state index contributed by atoms with van der Waals surface area (Å²) < 4.78 is 54.0. The number of methoxy groups -OCH3 is 3. The molecule has 2 rings (SSSR count). The summed E-state index contributed by atoms with van der Waals surface area (Å²) in [5, 5.41) is 7.34. The SMILES string of the molecule is CCNC(=NCc1cc(OC)c(OC)cc1OC)NCc1nc(C(F)(F)F)cs1.I. The fourth-order valence-electron chi connectivity index (χ4n) is 2.40. The van der Waals surface area contributed by atoms with Crippen molar-refractivity contribution in [3.63, 3.8) is 0 Å². The second-order valence-corrected chi connectivity index (χ2v) is 6.63. The molecule has 0 spiro atoms. The molecule has 0 atom stereocenters. The Morgan fingerprint density at radius 3 is 2.23 bits per heavy atom. The highest BCUT2D eigenvalue weighted by molar-refractivity contribution is 14.0. The van der Waals surface area contributed by atoms with E-state index in [1.165, 1.54) is 14.2 Å². The van der Waals surface area contributed by atoms with Gasteiger partial charge in [0, 0.05) is 23.6 Å². The van der Waals surface area contributed by atoms with Gasteiger partial charge in [-0.1, -0.05) is 0 Å². The average Bonchev–Trinajstić information content (AvgIpc) is 3.19. The lowest BCUT2D eigenvalue weighted by atomic mass is 10.1. The Kier molecular flexibility index (Phi) is 10.5. The molecule has 0 amide bonds. The fourth-order valence-corrected chi connectivity index (χ4v) is 3.14. The molecule has 12 heteroatoms. The fraction of sp³-hybridized carbons (Fsp3) is 0.444. The van der Waals surface area contributed by atoms with Crippen LogP contribution in [0.25, 0.3) is 0 Å². The maximum atomic E-state index is 12.7. The van der Waals surface area contributed by atoms with Crippen LogP contribution in [0.5, 0.6) is 17.2 Å². The number of nitrogens with one attached hydrogen (secondary N) is 2. The molecule has 0 bridgehead atoms. The number of ether oxygens (including phenoxy) is 3. The number of benzene rings is 1. The standard InChI is InChI=1S/C18H23F3N4O3S.HI/c1-5-22-17(24-9-16-25-15(10-29-16)18(19,20)21)23-8-11-6-13(27-3)14(28-4)7-12(11)26-2;/h6-7,10H,5,8-9H2,1-4H3,(H2,22,23,24);1H. The van der Waals surface area contributed by atoms with Crippen LogP contribution in [0.15, 0.2) is 22.5 Å². The zero-order chi connectivity index (χ0) is 21.4. The van der Waals surface area contributed by atoms with Crippen molar-refractivity contribution in [2.75, 3.05) is 27.9 Å². The number of hydrogen-bond donors (Lipinski definition) is 2. The predicted molar refractivity (Wildman–Crippen MR) is 120 cm³/mol. The molecule has 1 aromatic heterocycles. The summed E-state index contributed by atoms with van der Waals surface area (Å²) in [7, 11) is 4.61. The first kappa shape index (κ1) is 26.1. The molecule has 0 radical (unpaired) electrons. The Morgan fingerprint density at radius 2 is 1.70 bits per heavy atom. The van der Waals surface area contributed by atoms with Gasteiger partial charge in [-0.3, -0.25) is 0 Å². The Bertz CT molecular complexity index is 847. The quantitative estimate of drug-likeness (QED) is 0.288. The van der Waals surface area contributed by atoms with Crippen LogP contribution in [0.1, 0.15) is 23.2 Å². The number of hydrogen-bond acceptors (Lipinski definition) is 6. The van der Waals surface area contributed by atoms with E-state index in [1.807, 2.05) is 6.92 Å². The van der Waals surface area contributed by atoms with Crippen molar-refractivity contribution in [2.45, 2.75) is 26.2 Å². The smallest absolute Gasteiger partial charge is 0.434 e. The van der Waals surface area contributed by atoms with Crippen molar-refractivity contribution >= 4 is 41.3 Å². The summed E-state index contributed by atoms with van der Waals surface area (Å²) in [5.74, 6) is 2.09. The van der Waals surface area contributed by atoms with E-state index in [-0.39, 0.29) is 37.1 Å². The third-order valence-corrected chi connectivity index (χ3v) is 4.64. The largest absolute Gasteiger partial charge is 0.496 e. The number of rotatable bonds is 8. The molecule has 0 unspecified atom stereocenters. The summed E-state index contributed by atoms with van der Waals surface area (Å²) in [6.45, 7) is 2.85. The first-order valence-corrected chi connectivity index (χ1v) is 9.53. The van der Waals surface area contributed by atoms with Crippen molar-refractivity contribution in [1.82, 2.24) is 15.6 Å². The van der Waals surface area contributed by atoms with Gasteiger partial charge in [0.1, 0.15) is 10.8 Å². The van der Waals surface area contributed by atoms with Gasteiger partial charge >= 0.3 is 6.18 Å². The highest BCUT2D eigenvalue weighted by Gasteiger charge is 2.33. The van der Waals surface area contributed by atoms with Crippen molar-refractivity contribution in [1.29, 1.82) is 0 Å². The minimum absolute atomic E-state index is 0. The molecular formula is C18H24F3IN4O3S. The van der Waals surface area contributed by atoms with Gasteiger partial charge in [-0.05, 0) is 13.0 Å². The van der Waals surface area contributed by atoms with Crippen LogP contribution in [-0.2, 0) is 19.3 Å². The molecular weight excluding hydrogens is 536 g/mol. The van der Waals surface area contributed by atoms with Gasteiger partial charge in [0.2, 0.25) is 0 Å². The van der Waals surface area contributed by atoms with E-state index in [9.17, 15) is 13.2 Å². The lowest BCUT2D eigenvalue weighted by molar-refractivity contribution is -0.140. The van der Waals surface area contributed by atoms with E-state index < -0.39 is 11.9 Å². The Morgan fingerprint density at radius 1 is 1.07 bits per heavy atom. The van der Waals surface area contributed by atoms with Gasteiger partial charge < -0.3 is 24.8 Å². The average molecular weight is 560 g/mol. The molecule has 7 nitrogen and oxygen atoms in total. The zero-order valence-corrected chi connectivity index (χ0v) is 20.1. The molecule has 0 saturated carbocycles. The summed E-state index contributed by atoms with van der Waals surface area (Å²) in [6, 6.07) is 3.47. The number of halogens is 4. The van der Waals surface area contributed by atoms with E-state index in [1.54, 1.807) is 19.2 Å². The monoisotopic (exact) mass is 560 g/mol. The molecule has 0 fully saturated rings. The van der Waals surface area contributed by atoms with Crippen molar-refractivity contribution < 1.29 is 27.4 Å². The summed E-state index contributed by atoms with van der Waals surface area (Å²) in [5.41, 5.74) is -0.132. The number of thiazole rings is 1. The van der Waals surface area contributed by atoms with Crippen molar-refractivity contribution in [3.05, 3.63) is 33.8 Å². The highest BCUT2D eigenvalue weighted by atomic mass is 127. The first-order chi connectivity index (χ1) is 13.8. The lowest BCUT2D eigenvalue weighted by Gasteiger charge is -2.14. The summed E-state index contributed by atoms with van der Waals surface area (Å²) in [6.07, 6.45) is -4.45. The molecule has 168 valence electrons. The van der Waals surface area contributed by atoms with E-state index >= 15 is 0 Å². The number of guanidine groups is 1. The predicted octanol–water partition coefficient (Wildman–Crippen LogP) is 4.06. The number of aromatic nitrogens is 1. The zero-order valence-electron chi connectivity index (χ0n) is 16.9. The van der Waals surface area contributed by atoms with E-state index in [4.69, 9.17) is 14.2 Å². The van der Waals surface area contributed by atoms with Gasteiger partial charge in [0.15, 0.2) is 23.2 Å². The minimum Gasteiger partial charge on any atom is -0.496 e. The van der Waals surface area contributed by atoms with Gasteiger partial charge in [0.25, 0.3) is 0 Å². The maximum Gasteiger partial charge on any atom is 0.434 e. The minimum atomic E-state index is -4.45. The van der Waals surface area contributed by atoms with Crippen LogP contribution in [0.3, 0.4) is 0 Å². The second kappa shape index (κ2) is 12.0. The molecule has 0 saturated heterocycles. The van der Waals surface area contributed by atoms with Crippen molar-refractivity contribution in [2.24, 2.45) is 4.99 Å². The van der Waals surface area contributed by atoms with Crippen LogP contribution >= 0.6 is 35.3 Å². The molecule has 0 aliphatic carbocycles. The number of alkyl halides is 3. The van der Waals surface area contributed by atoms with Crippen LogP contribution in [-0.4, -0.2) is 38.8 Å². The van der Waals surface area contributed by atoms with Gasteiger partial charge in [-0.15, -0.1) is 35.3 Å². The van der Waals surface area contributed by atoms with Gasteiger partial charge in [-0.25, -0.2) is 9.98 Å². The van der Waals surface area contributed by atoms with Crippen molar-refractivity contribution in [3.8, 4) is 17.2 Å². The molecule has 2 aromatic rings. The van der Waals surface area contributed by atoms with Crippen LogP contribution in [0.4, 0.5) is 13.2 Å². The van der Waals surface area contributed by atoms with E-state index in [0.717, 1.165) is 22.3 Å². The summed E-state index contributed by atoms with van der Waals surface area (Å²) >= 11 is 0.939. The Balaban J connectivity index is 0.00000450. The van der Waals surface area contributed by atoms with Gasteiger partial charge in [0.05, 0.1) is 34.4 Å². The summed E-state index contributed by atoms with van der Waals surface area (Å²) in [4.78, 5) is 8.07. The second-order valence-electron chi connectivity index (χ2n) is 5.69. The third-order valence-electron chi connectivity index (χ3n) is 3.79. The Hall–Kier alpha value is -1.96. The molecule has 0 aliphatic rings. The molecule has 1 aromatic carbocycles.